The molecule has 4 nitrogen and oxygen atoms in total. The van der Waals surface area contributed by atoms with Crippen molar-refractivity contribution in [2.45, 2.75) is 39.3 Å². The number of methoxy groups -OCH3 is 1. The van der Waals surface area contributed by atoms with Crippen molar-refractivity contribution in [3.63, 3.8) is 0 Å². The van der Waals surface area contributed by atoms with E-state index in [1.54, 1.807) is 19.2 Å². The molecule has 0 bridgehead atoms. The zero-order valence-electron chi connectivity index (χ0n) is 12.2. The second-order valence-electron chi connectivity index (χ2n) is 5.32. The highest BCUT2D eigenvalue weighted by atomic mass is 16.5. The van der Waals surface area contributed by atoms with Gasteiger partial charge < -0.3 is 20.3 Å². The van der Waals surface area contributed by atoms with Crippen molar-refractivity contribution < 1.29 is 14.9 Å². The third-order valence-electron chi connectivity index (χ3n) is 3.16. The van der Waals surface area contributed by atoms with Gasteiger partial charge in [0.15, 0.2) is 0 Å². The molecule has 0 saturated carbocycles. The molecule has 19 heavy (non-hydrogen) atoms. The quantitative estimate of drug-likeness (QED) is 0.710. The predicted octanol–water partition coefficient (Wildman–Crippen LogP) is 2.46. The van der Waals surface area contributed by atoms with E-state index in [0.29, 0.717) is 11.7 Å². The summed E-state index contributed by atoms with van der Waals surface area (Å²) < 4.78 is 5.17. The van der Waals surface area contributed by atoms with Crippen molar-refractivity contribution in [2.75, 3.05) is 13.7 Å². The molecule has 0 aliphatic heterocycles. The van der Waals surface area contributed by atoms with Crippen LogP contribution in [0.5, 0.6) is 11.5 Å². The van der Waals surface area contributed by atoms with E-state index in [4.69, 9.17) is 4.74 Å². The molecule has 0 fully saturated rings. The summed E-state index contributed by atoms with van der Waals surface area (Å²) in [7, 11) is 1.60. The maximum absolute atomic E-state index is 9.91. The molecule has 0 heterocycles. The zero-order valence-corrected chi connectivity index (χ0v) is 12.2. The highest BCUT2D eigenvalue weighted by molar-refractivity contribution is 5.41. The topological polar surface area (TPSA) is 61.7 Å². The lowest BCUT2D eigenvalue weighted by atomic mass is 10.0. The van der Waals surface area contributed by atoms with Gasteiger partial charge in [-0.25, -0.2) is 0 Å². The molecule has 1 aromatic rings. The minimum Gasteiger partial charge on any atom is -0.508 e. The Balaban J connectivity index is 2.78. The first-order valence-electron chi connectivity index (χ1n) is 6.71. The molecule has 108 valence electrons. The fourth-order valence-electron chi connectivity index (χ4n) is 2.21. The number of nitrogens with one attached hydrogen (secondary N) is 1. The van der Waals surface area contributed by atoms with Gasteiger partial charge in [0.05, 0.1) is 13.7 Å². The summed E-state index contributed by atoms with van der Waals surface area (Å²) in [6, 6.07) is 5.15. The maximum Gasteiger partial charge on any atom is 0.120 e. The summed E-state index contributed by atoms with van der Waals surface area (Å²) >= 11 is 0. The molecule has 2 unspecified atom stereocenters. The minimum absolute atomic E-state index is 0.0283. The molecule has 3 N–H and O–H groups in total. The van der Waals surface area contributed by atoms with Crippen LogP contribution in [0, 0.1) is 5.92 Å². The molecule has 0 aliphatic carbocycles. The molecular formula is C15H25NO3. The van der Waals surface area contributed by atoms with Crippen molar-refractivity contribution in [3.05, 3.63) is 23.8 Å². The van der Waals surface area contributed by atoms with E-state index in [2.05, 4.69) is 19.2 Å². The monoisotopic (exact) mass is 267 g/mol. The molecule has 0 aliphatic rings. The molecular weight excluding hydrogens is 242 g/mol. The first kappa shape index (κ1) is 15.8. The average molecular weight is 267 g/mol. The lowest BCUT2D eigenvalue weighted by Gasteiger charge is -2.24. The highest BCUT2D eigenvalue weighted by Crippen LogP contribution is 2.28. The number of benzene rings is 1. The van der Waals surface area contributed by atoms with Gasteiger partial charge in [0.2, 0.25) is 0 Å². The number of rotatable bonds is 7. The summed E-state index contributed by atoms with van der Waals surface area (Å²) in [6.07, 6.45) is 0.894. The fourth-order valence-corrected chi connectivity index (χ4v) is 2.21. The van der Waals surface area contributed by atoms with Gasteiger partial charge in [0, 0.05) is 17.6 Å². The summed E-state index contributed by atoms with van der Waals surface area (Å²) in [5, 5.41) is 22.6. The normalized spacial score (nSPS) is 14.4. The average Bonchev–Trinajstić information content (AvgIpc) is 2.37. The van der Waals surface area contributed by atoms with Gasteiger partial charge in [-0.05, 0) is 37.5 Å². The zero-order chi connectivity index (χ0) is 14.4. The van der Waals surface area contributed by atoms with E-state index < -0.39 is 0 Å². The molecule has 0 aromatic heterocycles. The fraction of sp³-hybridized carbons (Fsp3) is 0.600. The molecule has 0 spiro atoms. The Bertz CT molecular complexity index is 393. The number of aliphatic hydroxyl groups is 1. The van der Waals surface area contributed by atoms with Gasteiger partial charge in [-0.15, -0.1) is 0 Å². The van der Waals surface area contributed by atoms with Crippen LogP contribution in [0.1, 0.15) is 38.8 Å². The summed E-state index contributed by atoms with van der Waals surface area (Å²) in [5.41, 5.74) is 0.779. The number of aliphatic hydroxyl groups excluding tert-OH is 1. The van der Waals surface area contributed by atoms with Gasteiger partial charge in [0.25, 0.3) is 0 Å². The van der Waals surface area contributed by atoms with Crippen molar-refractivity contribution in [1.29, 1.82) is 0 Å². The first-order valence-corrected chi connectivity index (χ1v) is 6.71. The lowest BCUT2D eigenvalue weighted by molar-refractivity contribution is 0.214. The van der Waals surface area contributed by atoms with Gasteiger partial charge >= 0.3 is 0 Å². The maximum atomic E-state index is 9.91. The van der Waals surface area contributed by atoms with Gasteiger partial charge in [0.1, 0.15) is 11.5 Å². The van der Waals surface area contributed by atoms with Crippen LogP contribution < -0.4 is 10.1 Å². The van der Waals surface area contributed by atoms with Gasteiger partial charge in [-0.1, -0.05) is 13.8 Å². The Morgan fingerprint density at radius 3 is 2.47 bits per heavy atom. The van der Waals surface area contributed by atoms with Crippen LogP contribution in [0.2, 0.25) is 0 Å². The number of phenolic OH excluding ortho intramolecular Hbond substituents is 1. The number of phenols is 1. The standard InChI is InChI=1S/C15H25NO3/c1-10(2)7-12(9-17)16-11(3)14-8-13(19-4)5-6-15(14)18/h5-6,8,10-12,16-18H,7,9H2,1-4H3. The lowest BCUT2D eigenvalue weighted by Crippen LogP contribution is -2.35. The second-order valence-corrected chi connectivity index (χ2v) is 5.32. The van der Waals surface area contributed by atoms with E-state index in [9.17, 15) is 10.2 Å². The first-order chi connectivity index (χ1) is 8.97. The Labute approximate surface area is 115 Å². The minimum atomic E-state index is -0.0500. The third kappa shape index (κ3) is 4.73. The molecule has 1 aromatic carbocycles. The van der Waals surface area contributed by atoms with Gasteiger partial charge in [-0.3, -0.25) is 0 Å². The predicted molar refractivity (Wildman–Crippen MR) is 76.5 cm³/mol. The number of hydrogen-bond donors (Lipinski definition) is 3. The summed E-state index contributed by atoms with van der Waals surface area (Å²) in [6.45, 7) is 6.31. The Hall–Kier alpha value is -1.26. The van der Waals surface area contributed by atoms with E-state index in [-0.39, 0.29) is 24.4 Å². The Kier molecular flexibility index (Phi) is 6.12. The highest BCUT2D eigenvalue weighted by Gasteiger charge is 2.17. The summed E-state index contributed by atoms with van der Waals surface area (Å²) in [4.78, 5) is 0. The smallest absolute Gasteiger partial charge is 0.120 e. The van der Waals surface area contributed by atoms with Crippen LogP contribution in [0.4, 0.5) is 0 Å². The van der Waals surface area contributed by atoms with Crippen molar-refractivity contribution in [2.24, 2.45) is 5.92 Å². The Morgan fingerprint density at radius 1 is 1.26 bits per heavy atom. The number of aromatic hydroxyl groups is 1. The molecule has 0 radical (unpaired) electrons. The van der Waals surface area contributed by atoms with Crippen LogP contribution in [-0.4, -0.2) is 30.0 Å². The number of hydrogen-bond acceptors (Lipinski definition) is 4. The van der Waals surface area contributed by atoms with Crippen LogP contribution in [-0.2, 0) is 0 Å². The molecule has 4 heteroatoms. The molecule has 0 saturated heterocycles. The van der Waals surface area contributed by atoms with E-state index in [1.165, 1.54) is 0 Å². The third-order valence-corrected chi connectivity index (χ3v) is 3.16. The van der Waals surface area contributed by atoms with E-state index in [0.717, 1.165) is 12.0 Å². The van der Waals surface area contributed by atoms with E-state index >= 15 is 0 Å². The Morgan fingerprint density at radius 2 is 1.95 bits per heavy atom. The SMILES string of the molecule is COc1ccc(O)c(C(C)NC(CO)CC(C)C)c1. The largest absolute Gasteiger partial charge is 0.508 e. The molecule has 0 amide bonds. The molecule has 2 atom stereocenters. The van der Waals surface area contributed by atoms with Crippen LogP contribution >= 0.6 is 0 Å². The van der Waals surface area contributed by atoms with Crippen molar-refractivity contribution in [1.82, 2.24) is 5.32 Å². The van der Waals surface area contributed by atoms with Crippen LogP contribution in [0.3, 0.4) is 0 Å². The van der Waals surface area contributed by atoms with Crippen molar-refractivity contribution >= 4 is 0 Å². The van der Waals surface area contributed by atoms with E-state index in [1.807, 2.05) is 13.0 Å². The molecule has 1 rings (SSSR count). The second kappa shape index (κ2) is 7.36. The van der Waals surface area contributed by atoms with Gasteiger partial charge in [-0.2, -0.15) is 0 Å². The van der Waals surface area contributed by atoms with Crippen LogP contribution in [0.15, 0.2) is 18.2 Å². The number of ether oxygens (including phenoxy) is 1. The summed E-state index contributed by atoms with van der Waals surface area (Å²) in [5.74, 6) is 1.46. The van der Waals surface area contributed by atoms with Crippen LogP contribution in [0.25, 0.3) is 0 Å². The van der Waals surface area contributed by atoms with Crippen molar-refractivity contribution in [3.8, 4) is 11.5 Å².